The molecule has 0 saturated heterocycles. The fraction of sp³-hybridized carbons (Fsp3) is 0.316. The largest absolute Gasteiger partial charge is 0.497 e. The molecule has 3 aromatic rings. The Bertz CT molecular complexity index is 1060. The van der Waals surface area contributed by atoms with Gasteiger partial charge < -0.3 is 19.5 Å². The van der Waals surface area contributed by atoms with Crippen LogP contribution in [0.4, 0.5) is 0 Å². The number of aryl methyl sites for hydroxylation is 2. The van der Waals surface area contributed by atoms with Gasteiger partial charge in [-0.25, -0.2) is 9.50 Å². The molecule has 1 N–H and O–H groups in total. The SMILES string of the molecule is COc1cc(CN(CC(=O)O)C(=O)c2nc3nc(C)cc(C)n3n2)cc(OC)c1. The Morgan fingerprint density at radius 2 is 1.72 bits per heavy atom. The number of aromatic nitrogens is 4. The number of methoxy groups -OCH3 is 2. The summed E-state index contributed by atoms with van der Waals surface area (Å²) in [5.41, 5.74) is 2.15. The van der Waals surface area contributed by atoms with E-state index in [1.807, 2.05) is 19.9 Å². The Morgan fingerprint density at radius 3 is 2.31 bits per heavy atom. The third kappa shape index (κ3) is 4.42. The van der Waals surface area contributed by atoms with Gasteiger partial charge in [0.15, 0.2) is 0 Å². The van der Waals surface area contributed by atoms with E-state index in [9.17, 15) is 14.7 Å². The quantitative estimate of drug-likeness (QED) is 0.635. The van der Waals surface area contributed by atoms with Crippen LogP contribution in [0.5, 0.6) is 11.5 Å². The molecule has 1 amide bonds. The molecule has 0 aliphatic rings. The van der Waals surface area contributed by atoms with Crippen molar-refractivity contribution in [1.29, 1.82) is 0 Å². The van der Waals surface area contributed by atoms with Crippen molar-refractivity contribution < 1.29 is 24.2 Å². The first-order chi connectivity index (χ1) is 13.8. The first-order valence-electron chi connectivity index (χ1n) is 8.74. The second-order valence-electron chi connectivity index (χ2n) is 6.46. The van der Waals surface area contributed by atoms with E-state index in [0.29, 0.717) is 17.1 Å². The number of fused-ring (bicyclic) bond motifs is 1. The summed E-state index contributed by atoms with van der Waals surface area (Å²) in [6.45, 7) is 3.14. The Morgan fingerprint density at radius 1 is 1.07 bits per heavy atom. The van der Waals surface area contributed by atoms with E-state index in [2.05, 4.69) is 15.1 Å². The van der Waals surface area contributed by atoms with Gasteiger partial charge >= 0.3 is 5.97 Å². The van der Waals surface area contributed by atoms with Crippen LogP contribution >= 0.6 is 0 Å². The number of hydrogen-bond acceptors (Lipinski definition) is 7. The van der Waals surface area contributed by atoms with E-state index in [0.717, 1.165) is 16.3 Å². The van der Waals surface area contributed by atoms with Crippen LogP contribution in [0.1, 0.15) is 27.6 Å². The number of benzene rings is 1. The standard InChI is InChI=1S/C19H21N5O5/c1-11-5-12(2)24-19(20-11)21-17(22-24)18(27)23(10-16(25)26)9-13-6-14(28-3)8-15(7-13)29-4/h5-8H,9-10H2,1-4H3,(H,25,26). The van der Waals surface area contributed by atoms with Gasteiger partial charge in [0, 0.05) is 24.0 Å². The number of hydrogen-bond donors (Lipinski definition) is 1. The Kier molecular flexibility index (Phi) is 5.62. The fourth-order valence-corrected chi connectivity index (χ4v) is 2.94. The van der Waals surface area contributed by atoms with Gasteiger partial charge in [0.2, 0.25) is 5.82 Å². The third-order valence-electron chi connectivity index (χ3n) is 4.21. The highest BCUT2D eigenvalue weighted by Crippen LogP contribution is 2.23. The van der Waals surface area contributed by atoms with Gasteiger partial charge in [-0.1, -0.05) is 0 Å². The molecule has 0 spiro atoms. The number of carbonyl (C=O) groups excluding carboxylic acids is 1. The predicted molar refractivity (Wildman–Crippen MR) is 102 cm³/mol. The van der Waals surface area contributed by atoms with Crippen molar-refractivity contribution in [2.75, 3.05) is 20.8 Å². The summed E-state index contributed by atoms with van der Waals surface area (Å²) < 4.78 is 11.9. The number of ether oxygens (including phenoxy) is 2. The number of aliphatic carboxylic acids is 1. The summed E-state index contributed by atoms with van der Waals surface area (Å²) in [4.78, 5) is 33.9. The van der Waals surface area contributed by atoms with E-state index in [4.69, 9.17) is 9.47 Å². The van der Waals surface area contributed by atoms with E-state index in [1.165, 1.54) is 18.7 Å². The maximum Gasteiger partial charge on any atom is 0.323 e. The number of amides is 1. The number of carbonyl (C=O) groups is 2. The van der Waals surface area contributed by atoms with Crippen LogP contribution in [-0.2, 0) is 11.3 Å². The monoisotopic (exact) mass is 399 g/mol. The minimum Gasteiger partial charge on any atom is -0.497 e. The number of carboxylic acids is 1. The van der Waals surface area contributed by atoms with Crippen LogP contribution in [0.15, 0.2) is 24.3 Å². The average molecular weight is 399 g/mol. The summed E-state index contributed by atoms with van der Waals surface area (Å²) in [5, 5.41) is 13.5. The third-order valence-corrected chi connectivity index (χ3v) is 4.21. The van der Waals surface area contributed by atoms with E-state index in [-0.39, 0.29) is 18.1 Å². The first-order valence-corrected chi connectivity index (χ1v) is 8.74. The molecule has 0 aliphatic heterocycles. The molecule has 10 nitrogen and oxygen atoms in total. The predicted octanol–water partition coefficient (Wildman–Crippen LogP) is 1.49. The Labute approximate surface area is 166 Å². The van der Waals surface area contributed by atoms with Crippen LogP contribution in [0, 0.1) is 13.8 Å². The van der Waals surface area contributed by atoms with Crippen molar-refractivity contribution >= 4 is 17.7 Å². The average Bonchev–Trinajstić information content (AvgIpc) is 3.10. The molecule has 0 aliphatic carbocycles. The normalized spacial score (nSPS) is 10.8. The zero-order valence-electron chi connectivity index (χ0n) is 16.5. The first kappa shape index (κ1) is 20.1. The minimum absolute atomic E-state index is 0.0136. The minimum atomic E-state index is -1.15. The van der Waals surface area contributed by atoms with Crippen LogP contribution in [0.2, 0.25) is 0 Å². The van der Waals surface area contributed by atoms with E-state index < -0.39 is 18.4 Å². The summed E-state index contributed by atoms with van der Waals surface area (Å²) in [7, 11) is 3.02. The summed E-state index contributed by atoms with van der Waals surface area (Å²) >= 11 is 0. The highest BCUT2D eigenvalue weighted by atomic mass is 16.5. The van der Waals surface area contributed by atoms with Crippen molar-refractivity contribution in [3.63, 3.8) is 0 Å². The topological polar surface area (TPSA) is 119 Å². The zero-order chi connectivity index (χ0) is 21.1. The lowest BCUT2D eigenvalue weighted by atomic mass is 10.2. The fourth-order valence-electron chi connectivity index (χ4n) is 2.94. The van der Waals surface area contributed by atoms with E-state index in [1.54, 1.807) is 18.2 Å². The molecule has 3 rings (SSSR count). The van der Waals surface area contributed by atoms with Gasteiger partial charge in [-0.05, 0) is 37.6 Å². The highest BCUT2D eigenvalue weighted by molar-refractivity contribution is 5.92. The molecule has 152 valence electrons. The molecule has 0 atom stereocenters. The van der Waals surface area contributed by atoms with Gasteiger partial charge in [0.1, 0.15) is 18.0 Å². The van der Waals surface area contributed by atoms with Crippen molar-refractivity contribution in [3.05, 3.63) is 47.0 Å². The molecule has 0 saturated carbocycles. The second-order valence-corrected chi connectivity index (χ2v) is 6.46. The van der Waals surface area contributed by atoms with E-state index >= 15 is 0 Å². The van der Waals surface area contributed by atoms with Gasteiger partial charge in [0.05, 0.1) is 14.2 Å². The molecule has 0 fully saturated rings. The Hall–Kier alpha value is -3.69. The Balaban J connectivity index is 1.95. The maximum atomic E-state index is 13.0. The lowest BCUT2D eigenvalue weighted by Gasteiger charge is -2.20. The molecule has 2 heterocycles. The smallest absolute Gasteiger partial charge is 0.323 e. The summed E-state index contributed by atoms with van der Waals surface area (Å²) in [5.74, 6) is -0.545. The van der Waals surface area contributed by atoms with Crippen LogP contribution < -0.4 is 9.47 Å². The van der Waals surface area contributed by atoms with Crippen LogP contribution in [-0.4, -0.2) is 62.2 Å². The van der Waals surface area contributed by atoms with Crippen molar-refractivity contribution in [1.82, 2.24) is 24.5 Å². The molecule has 2 aromatic heterocycles. The molecule has 29 heavy (non-hydrogen) atoms. The maximum absolute atomic E-state index is 13.0. The van der Waals surface area contributed by atoms with Gasteiger partial charge in [-0.2, -0.15) is 4.98 Å². The number of carboxylic acid groups (broad SMARTS) is 1. The van der Waals surface area contributed by atoms with Gasteiger partial charge in [0.25, 0.3) is 11.7 Å². The summed E-state index contributed by atoms with van der Waals surface area (Å²) in [6, 6.07) is 6.91. The molecule has 0 unspecified atom stereocenters. The van der Waals surface area contributed by atoms with Gasteiger partial charge in [-0.3, -0.25) is 9.59 Å². The van der Waals surface area contributed by atoms with Crippen molar-refractivity contribution in [3.8, 4) is 11.5 Å². The van der Waals surface area contributed by atoms with Crippen molar-refractivity contribution in [2.24, 2.45) is 0 Å². The molecule has 1 aromatic carbocycles. The molecule has 10 heteroatoms. The van der Waals surface area contributed by atoms with Gasteiger partial charge in [-0.15, -0.1) is 5.10 Å². The second kappa shape index (κ2) is 8.13. The van der Waals surface area contributed by atoms with Crippen molar-refractivity contribution in [2.45, 2.75) is 20.4 Å². The lowest BCUT2D eigenvalue weighted by Crippen LogP contribution is -2.35. The number of nitrogens with zero attached hydrogens (tertiary/aromatic N) is 5. The molecular weight excluding hydrogens is 378 g/mol. The lowest BCUT2D eigenvalue weighted by molar-refractivity contribution is -0.137. The zero-order valence-corrected chi connectivity index (χ0v) is 16.5. The molecular formula is C19H21N5O5. The van der Waals surface area contributed by atoms with Crippen LogP contribution in [0.3, 0.4) is 0 Å². The number of rotatable bonds is 7. The highest BCUT2D eigenvalue weighted by Gasteiger charge is 2.24. The summed E-state index contributed by atoms with van der Waals surface area (Å²) in [6.07, 6.45) is 0. The molecule has 0 bridgehead atoms. The molecule has 0 radical (unpaired) electrons. The van der Waals surface area contributed by atoms with Crippen LogP contribution in [0.25, 0.3) is 5.78 Å².